The first kappa shape index (κ1) is 11.4. The van der Waals surface area contributed by atoms with Crippen molar-refractivity contribution in [2.24, 2.45) is 0 Å². The Morgan fingerprint density at radius 3 is 3.19 bits per heavy atom. The van der Waals surface area contributed by atoms with E-state index in [-0.39, 0.29) is 6.04 Å². The van der Waals surface area contributed by atoms with Crippen LogP contribution in [0.5, 0.6) is 0 Å². The Morgan fingerprint density at radius 1 is 1.56 bits per heavy atom. The third kappa shape index (κ3) is 2.75. The zero-order valence-corrected chi connectivity index (χ0v) is 10.6. The molecular weight excluding hydrogens is 266 g/mol. The van der Waals surface area contributed by atoms with E-state index in [1.54, 1.807) is 0 Å². The van der Waals surface area contributed by atoms with Gasteiger partial charge in [0.25, 0.3) is 0 Å². The molecule has 0 amide bonds. The molecule has 1 saturated heterocycles. The van der Waals surface area contributed by atoms with E-state index in [0.29, 0.717) is 6.42 Å². The first-order chi connectivity index (χ1) is 7.79. The summed E-state index contributed by atoms with van der Waals surface area (Å²) in [6.45, 7) is 2.85. The van der Waals surface area contributed by atoms with Gasteiger partial charge in [0.2, 0.25) is 0 Å². The summed E-state index contributed by atoms with van der Waals surface area (Å²) in [4.78, 5) is 2.32. The minimum absolute atomic E-state index is 0.290. The number of nitrogens with zero attached hydrogens (tertiary/aromatic N) is 2. The van der Waals surface area contributed by atoms with E-state index < -0.39 is 0 Å². The molecule has 16 heavy (non-hydrogen) atoms. The molecule has 1 aliphatic heterocycles. The lowest BCUT2D eigenvalue weighted by Gasteiger charge is -2.34. The Morgan fingerprint density at radius 2 is 2.44 bits per heavy atom. The number of benzene rings is 1. The predicted molar refractivity (Wildman–Crippen MR) is 68.4 cm³/mol. The number of anilines is 1. The van der Waals surface area contributed by atoms with Gasteiger partial charge in [0.05, 0.1) is 12.5 Å². The Kier molecular flexibility index (Phi) is 3.81. The summed E-state index contributed by atoms with van der Waals surface area (Å²) in [7, 11) is 0. The van der Waals surface area contributed by atoms with E-state index in [2.05, 4.69) is 44.3 Å². The summed E-state index contributed by atoms with van der Waals surface area (Å²) in [6.07, 6.45) is 0.574. The van der Waals surface area contributed by atoms with E-state index in [4.69, 9.17) is 5.26 Å². The zero-order valence-electron chi connectivity index (χ0n) is 8.99. The number of nitriles is 1. The summed E-state index contributed by atoms with van der Waals surface area (Å²) in [6, 6.07) is 10.8. The van der Waals surface area contributed by atoms with Crippen molar-refractivity contribution in [3.8, 4) is 6.07 Å². The van der Waals surface area contributed by atoms with Crippen molar-refractivity contribution in [2.45, 2.75) is 12.5 Å². The van der Waals surface area contributed by atoms with Crippen LogP contribution in [0.3, 0.4) is 0 Å². The largest absolute Gasteiger partial charge is 0.369 e. The number of hydrogen-bond donors (Lipinski definition) is 1. The van der Waals surface area contributed by atoms with Crippen LogP contribution in [0.2, 0.25) is 0 Å². The lowest BCUT2D eigenvalue weighted by Crippen LogP contribution is -2.50. The quantitative estimate of drug-likeness (QED) is 0.902. The van der Waals surface area contributed by atoms with Gasteiger partial charge in [0, 0.05) is 35.8 Å². The first-order valence-corrected chi connectivity index (χ1v) is 6.20. The van der Waals surface area contributed by atoms with Gasteiger partial charge in [0.1, 0.15) is 0 Å². The van der Waals surface area contributed by atoms with Crippen molar-refractivity contribution in [2.75, 3.05) is 24.5 Å². The summed E-state index contributed by atoms with van der Waals surface area (Å²) < 4.78 is 1.10. The van der Waals surface area contributed by atoms with Crippen LogP contribution in [-0.4, -0.2) is 25.7 Å². The summed E-state index contributed by atoms with van der Waals surface area (Å²) in [5.74, 6) is 0. The number of nitrogens with one attached hydrogen (secondary N) is 1. The van der Waals surface area contributed by atoms with Crippen molar-refractivity contribution < 1.29 is 0 Å². The maximum Gasteiger partial charge on any atom is 0.0638 e. The molecule has 1 aromatic carbocycles. The third-order valence-corrected chi connectivity index (χ3v) is 3.26. The van der Waals surface area contributed by atoms with Crippen LogP contribution in [0.4, 0.5) is 5.69 Å². The Hall–Kier alpha value is -1.05. The second kappa shape index (κ2) is 5.33. The molecule has 2 rings (SSSR count). The minimum atomic E-state index is 0.290. The SMILES string of the molecule is N#CCC1CN(c2cccc(Br)c2)CCN1. The molecular formula is C12H14BrN3. The topological polar surface area (TPSA) is 39.1 Å². The molecule has 1 N–H and O–H groups in total. The zero-order chi connectivity index (χ0) is 11.4. The van der Waals surface area contributed by atoms with E-state index in [1.807, 2.05) is 12.1 Å². The average Bonchev–Trinajstić information content (AvgIpc) is 2.30. The van der Waals surface area contributed by atoms with Crippen LogP contribution in [0.1, 0.15) is 6.42 Å². The maximum atomic E-state index is 8.70. The van der Waals surface area contributed by atoms with Gasteiger partial charge in [-0.2, -0.15) is 5.26 Å². The Balaban J connectivity index is 2.07. The number of piperazine rings is 1. The molecule has 1 fully saturated rings. The highest BCUT2D eigenvalue weighted by Crippen LogP contribution is 2.21. The van der Waals surface area contributed by atoms with Crippen LogP contribution in [0.25, 0.3) is 0 Å². The highest BCUT2D eigenvalue weighted by Gasteiger charge is 2.19. The van der Waals surface area contributed by atoms with Gasteiger partial charge in [-0.15, -0.1) is 0 Å². The van der Waals surface area contributed by atoms with Gasteiger partial charge in [0.15, 0.2) is 0 Å². The maximum absolute atomic E-state index is 8.70. The van der Waals surface area contributed by atoms with Gasteiger partial charge in [-0.1, -0.05) is 22.0 Å². The fourth-order valence-corrected chi connectivity index (χ4v) is 2.37. The van der Waals surface area contributed by atoms with E-state index in [9.17, 15) is 0 Å². The van der Waals surface area contributed by atoms with Crippen molar-refractivity contribution in [1.29, 1.82) is 5.26 Å². The van der Waals surface area contributed by atoms with Crippen LogP contribution < -0.4 is 10.2 Å². The molecule has 0 saturated carbocycles. The van der Waals surface area contributed by atoms with E-state index in [0.717, 1.165) is 24.1 Å². The monoisotopic (exact) mass is 279 g/mol. The Labute approximate surface area is 104 Å². The van der Waals surface area contributed by atoms with Crippen LogP contribution in [0, 0.1) is 11.3 Å². The first-order valence-electron chi connectivity index (χ1n) is 5.40. The highest BCUT2D eigenvalue weighted by molar-refractivity contribution is 9.10. The van der Waals surface area contributed by atoms with Crippen molar-refractivity contribution in [3.05, 3.63) is 28.7 Å². The summed E-state index contributed by atoms with van der Waals surface area (Å²) in [5, 5.41) is 12.1. The third-order valence-electron chi connectivity index (χ3n) is 2.77. The van der Waals surface area contributed by atoms with Crippen molar-refractivity contribution in [3.63, 3.8) is 0 Å². The highest BCUT2D eigenvalue weighted by atomic mass is 79.9. The molecule has 1 unspecified atom stereocenters. The molecule has 1 heterocycles. The van der Waals surface area contributed by atoms with Gasteiger partial charge >= 0.3 is 0 Å². The molecule has 1 aromatic rings. The molecule has 1 atom stereocenters. The molecule has 1 aliphatic rings. The van der Waals surface area contributed by atoms with Gasteiger partial charge in [-0.3, -0.25) is 0 Å². The van der Waals surface area contributed by atoms with Gasteiger partial charge in [-0.05, 0) is 18.2 Å². The van der Waals surface area contributed by atoms with Crippen LogP contribution in [0.15, 0.2) is 28.7 Å². The molecule has 0 aromatic heterocycles. The molecule has 84 valence electrons. The van der Waals surface area contributed by atoms with Crippen LogP contribution >= 0.6 is 15.9 Å². The predicted octanol–water partition coefficient (Wildman–Crippen LogP) is 2.14. The summed E-state index contributed by atoms with van der Waals surface area (Å²) >= 11 is 3.48. The van der Waals surface area contributed by atoms with Crippen LogP contribution in [-0.2, 0) is 0 Å². The fourth-order valence-electron chi connectivity index (χ4n) is 1.98. The molecule has 0 bridgehead atoms. The normalized spacial score (nSPS) is 20.5. The van der Waals surface area contributed by atoms with E-state index >= 15 is 0 Å². The number of rotatable bonds is 2. The summed E-state index contributed by atoms with van der Waals surface area (Å²) in [5.41, 5.74) is 1.22. The second-order valence-electron chi connectivity index (χ2n) is 3.94. The molecule has 0 spiro atoms. The van der Waals surface area contributed by atoms with Crippen molar-refractivity contribution >= 4 is 21.6 Å². The molecule has 3 nitrogen and oxygen atoms in total. The second-order valence-corrected chi connectivity index (χ2v) is 4.85. The number of halogens is 1. The smallest absolute Gasteiger partial charge is 0.0638 e. The van der Waals surface area contributed by atoms with Gasteiger partial charge < -0.3 is 10.2 Å². The molecule has 0 radical (unpaired) electrons. The molecule has 0 aliphatic carbocycles. The van der Waals surface area contributed by atoms with Crippen molar-refractivity contribution in [1.82, 2.24) is 5.32 Å². The van der Waals surface area contributed by atoms with E-state index in [1.165, 1.54) is 5.69 Å². The lowest BCUT2D eigenvalue weighted by molar-refractivity contribution is 0.463. The Bertz CT molecular complexity index is 399. The number of hydrogen-bond acceptors (Lipinski definition) is 3. The average molecular weight is 280 g/mol. The molecule has 4 heteroatoms. The minimum Gasteiger partial charge on any atom is -0.369 e. The standard InChI is InChI=1S/C12H14BrN3/c13-10-2-1-3-12(8-10)16-7-6-15-11(9-16)4-5-14/h1-3,8,11,15H,4,6-7,9H2. The fraction of sp³-hybridized carbons (Fsp3) is 0.417. The lowest BCUT2D eigenvalue weighted by atomic mass is 10.1. The van der Waals surface area contributed by atoms with Gasteiger partial charge in [-0.25, -0.2) is 0 Å².